The number of aliphatic hydroxyl groups is 1. The molecule has 0 saturated carbocycles. The van der Waals surface area contributed by atoms with Crippen LogP contribution >= 0.6 is 0 Å². The van der Waals surface area contributed by atoms with Gasteiger partial charge in [0.25, 0.3) is 11.8 Å². The monoisotopic (exact) mass is 500 g/mol. The Kier molecular flexibility index (Phi) is 6.86. The number of nitrogens with zero attached hydrogens (tertiary/aromatic N) is 2. The molecule has 3 heterocycles. The van der Waals surface area contributed by atoms with Gasteiger partial charge in [-0.1, -0.05) is 24.3 Å². The van der Waals surface area contributed by atoms with E-state index in [1.807, 2.05) is 67.3 Å². The van der Waals surface area contributed by atoms with E-state index in [0.717, 1.165) is 52.4 Å². The third-order valence-corrected chi connectivity index (χ3v) is 7.10. The van der Waals surface area contributed by atoms with E-state index >= 15 is 0 Å². The molecule has 1 aromatic heterocycles. The first kappa shape index (κ1) is 24.8. The molecule has 37 heavy (non-hydrogen) atoms. The van der Waals surface area contributed by atoms with Gasteiger partial charge < -0.3 is 29.9 Å². The largest absolute Gasteiger partial charge is 0.491 e. The highest BCUT2D eigenvalue weighted by Gasteiger charge is 2.29. The zero-order valence-electron chi connectivity index (χ0n) is 21.4. The number of ether oxygens (including phenoxy) is 1. The molecule has 5 rings (SSSR count). The fourth-order valence-corrected chi connectivity index (χ4v) is 5.10. The lowest BCUT2D eigenvalue weighted by atomic mass is 9.94. The van der Waals surface area contributed by atoms with Crippen molar-refractivity contribution in [1.29, 1.82) is 0 Å². The summed E-state index contributed by atoms with van der Waals surface area (Å²) in [6.07, 6.45) is 1.85. The first-order valence-electron chi connectivity index (χ1n) is 12.5. The Morgan fingerprint density at radius 3 is 2.62 bits per heavy atom. The lowest BCUT2D eigenvalue weighted by molar-refractivity contribution is -0.110. The molecule has 192 valence electrons. The number of piperazine rings is 1. The summed E-state index contributed by atoms with van der Waals surface area (Å²) >= 11 is 0. The number of aryl methyl sites for hydroxylation is 1. The second kappa shape index (κ2) is 10.2. The Morgan fingerprint density at radius 2 is 1.86 bits per heavy atom. The molecule has 8 nitrogen and oxygen atoms in total. The first-order valence-corrected chi connectivity index (χ1v) is 12.5. The van der Waals surface area contributed by atoms with Crippen LogP contribution in [0.3, 0.4) is 0 Å². The molecule has 2 aliphatic rings. The van der Waals surface area contributed by atoms with Gasteiger partial charge in [0.15, 0.2) is 0 Å². The number of nitrogens with one attached hydrogen (secondary N) is 2. The van der Waals surface area contributed by atoms with Gasteiger partial charge in [0.2, 0.25) is 0 Å². The number of anilines is 1. The van der Waals surface area contributed by atoms with E-state index in [0.29, 0.717) is 30.0 Å². The summed E-state index contributed by atoms with van der Waals surface area (Å²) in [4.78, 5) is 34.0. The summed E-state index contributed by atoms with van der Waals surface area (Å²) in [5.41, 5.74) is 6.96. The number of carbonyl (C=O) groups excluding carboxylic acids is 2. The smallest absolute Gasteiger partial charge is 0.256 e. The summed E-state index contributed by atoms with van der Waals surface area (Å²) < 4.78 is 5.60. The number of aromatic amines is 1. The number of fused-ring (bicyclic) bond motifs is 1. The molecule has 2 amide bonds. The van der Waals surface area contributed by atoms with Crippen LogP contribution in [0.2, 0.25) is 0 Å². The van der Waals surface area contributed by atoms with E-state index in [4.69, 9.17) is 9.84 Å². The van der Waals surface area contributed by atoms with Gasteiger partial charge in [0.1, 0.15) is 12.4 Å². The van der Waals surface area contributed by atoms with Crippen molar-refractivity contribution in [1.82, 2.24) is 14.8 Å². The van der Waals surface area contributed by atoms with Crippen molar-refractivity contribution in [3.8, 4) is 16.9 Å². The molecular formula is C29H32N4O4. The number of aliphatic hydroxyl groups excluding tert-OH is 1. The maximum Gasteiger partial charge on any atom is 0.256 e. The van der Waals surface area contributed by atoms with Crippen LogP contribution in [-0.4, -0.2) is 78.1 Å². The lowest BCUT2D eigenvalue weighted by Crippen LogP contribution is -2.47. The lowest BCUT2D eigenvalue weighted by Gasteiger charge is -2.32. The van der Waals surface area contributed by atoms with E-state index in [1.165, 1.54) is 0 Å². The maximum atomic E-state index is 13.4. The Morgan fingerprint density at radius 1 is 1.11 bits per heavy atom. The molecule has 0 aliphatic carbocycles. The van der Waals surface area contributed by atoms with Gasteiger partial charge >= 0.3 is 0 Å². The Balaban J connectivity index is 1.53. The zero-order chi connectivity index (χ0) is 26.1. The van der Waals surface area contributed by atoms with Crippen LogP contribution in [0.15, 0.2) is 42.5 Å². The number of aromatic nitrogens is 1. The molecule has 3 N–H and O–H groups in total. The minimum atomic E-state index is -0.186. The van der Waals surface area contributed by atoms with Crippen molar-refractivity contribution in [3.63, 3.8) is 0 Å². The summed E-state index contributed by atoms with van der Waals surface area (Å²) in [6, 6.07) is 13.4. The van der Waals surface area contributed by atoms with Crippen LogP contribution in [0.5, 0.6) is 5.75 Å². The Labute approximate surface area is 216 Å². The standard InChI is InChI=1S/C29H32N4O4/c1-18-25(30-19(2)26(18)29(36)33-12-10-32(3)11-13-33)17-23-27-22(8-5-9-24(27)31-28(23)35)20-6-4-7-21(16-20)37-15-14-34/h4-9,16-17,30,34H,10-15H2,1-3H3,(H,31,35)/b23-17-. The highest BCUT2D eigenvalue weighted by atomic mass is 16.5. The third kappa shape index (κ3) is 4.77. The van der Waals surface area contributed by atoms with Gasteiger partial charge in [0.05, 0.1) is 17.7 Å². The van der Waals surface area contributed by atoms with Crippen LogP contribution in [0.1, 0.15) is 32.9 Å². The van der Waals surface area contributed by atoms with E-state index < -0.39 is 0 Å². The van der Waals surface area contributed by atoms with E-state index in [-0.39, 0.29) is 25.0 Å². The maximum absolute atomic E-state index is 13.4. The summed E-state index contributed by atoms with van der Waals surface area (Å²) in [6.45, 7) is 7.11. The Hall–Kier alpha value is -3.88. The number of carbonyl (C=O) groups is 2. The first-order chi connectivity index (χ1) is 17.9. The number of amides is 2. The van der Waals surface area contributed by atoms with Gasteiger partial charge in [-0.25, -0.2) is 0 Å². The van der Waals surface area contributed by atoms with Crippen LogP contribution < -0.4 is 10.1 Å². The fraction of sp³-hybridized carbons (Fsp3) is 0.310. The van der Waals surface area contributed by atoms with Crippen molar-refractivity contribution in [3.05, 3.63) is 70.5 Å². The molecule has 0 spiro atoms. The van der Waals surface area contributed by atoms with E-state index in [2.05, 4.69) is 22.2 Å². The molecule has 8 heteroatoms. The molecular weight excluding hydrogens is 468 g/mol. The van der Waals surface area contributed by atoms with Crippen LogP contribution in [0.4, 0.5) is 5.69 Å². The van der Waals surface area contributed by atoms with E-state index in [1.54, 1.807) is 0 Å². The second-order valence-electron chi connectivity index (χ2n) is 9.60. The number of benzene rings is 2. The molecule has 1 saturated heterocycles. The summed E-state index contributed by atoms with van der Waals surface area (Å²) in [7, 11) is 2.07. The molecule has 0 atom stereocenters. The predicted molar refractivity (Wildman–Crippen MR) is 145 cm³/mol. The number of hydrogen-bond donors (Lipinski definition) is 3. The number of H-pyrrole nitrogens is 1. The number of rotatable bonds is 6. The third-order valence-electron chi connectivity index (χ3n) is 7.10. The van der Waals surface area contributed by atoms with E-state index in [9.17, 15) is 9.59 Å². The van der Waals surface area contributed by atoms with Crippen LogP contribution in [0.25, 0.3) is 22.8 Å². The normalized spacial score (nSPS) is 16.7. The summed E-state index contributed by atoms with van der Waals surface area (Å²) in [5.74, 6) is 0.490. The molecule has 0 bridgehead atoms. The molecule has 3 aromatic rings. The molecule has 0 unspecified atom stereocenters. The second-order valence-corrected chi connectivity index (χ2v) is 9.60. The zero-order valence-corrected chi connectivity index (χ0v) is 21.4. The minimum Gasteiger partial charge on any atom is -0.491 e. The quantitative estimate of drug-likeness (QED) is 0.450. The predicted octanol–water partition coefficient (Wildman–Crippen LogP) is 3.55. The van der Waals surface area contributed by atoms with Crippen molar-refractivity contribution in [2.75, 3.05) is 51.8 Å². The molecule has 2 aromatic carbocycles. The fourth-order valence-electron chi connectivity index (χ4n) is 5.10. The average molecular weight is 501 g/mol. The molecule has 0 radical (unpaired) electrons. The average Bonchev–Trinajstić information content (AvgIpc) is 3.37. The molecule has 2 aliphatic heterocycles. The highest BCUT2D eigenvalue weighted by molar-refractivity contribution is 6.36. The number of likely N-dealkylation sites (N-methyl/N-ethyl adjacent to an activating group) is 1. The van der Waals surface area contributed by atoms with Gasteiger partial charge in [0, 0.05) is 48.8 Å². The van der Waals surface area contributed by atoms with Crippen molar-refractivity contribution >= 4 is 29.2 Å². The van der Waals surface area contributed by atoms with Gasteiger partial charge in [-0.2, -0.15) is 0 Å². The van der Waals surface area contributed by atoms with Crippen molar-refractivity contribution in [2.45, 2.75) is 13.8 Å². The van der Waals surface area contributed by atoms with Crippen LogP contribution in [-0.2, 0) is 4.79 Å². The Bertz CT molecular complexity index is 1380. The van der Waals surface area contributed by atoms with Gasteiger partial charge in [-0.05, 0) is 61.9 Å². The van der Waals surface area contributed by atoms with Crippen LogP contribution in [0, 0.1) is 13.8 Å². The highest BCUT2D eigenvalue weighted by Crippen LogP contribution is 2.41. The minimum absolute atomic E-state index is 0.0284. The van der Waals surface area contributed by atoms with Crippen molar-refractivity contribution < 1.29 is 19.4 Å². The van der Waals surface area contributed by atoms with Gasteiger partial charge in [-0.3, -0.25) is 9.59 Å². The topological polar surface area (TPSA) is 97.9 Å². The van der Waals surface area contributed by atoms with Crippen molar-refractivity contribution in [2.24, 2.45) is 0 Å². The SMILES string of the molecule is Cc1[nH]c(/C=C2\C(=O)Nc3cccc(-c4cccc(OCCO)c4)c32)c(C)c1C(=O)N1CCN(C)CC1. The summed E-state index contributed by atoms with van der Waals surface area (Å²) in [5, 5.41) is 12.1. The number of hydrogen-bond acceptors (Lipinski definition) is 5. The van der Waals surface area contributed by atoms with Gasteiger partial charge in [-0.15, -0.1) is 0 Å². The molecule has 1 fully saturated rings.